The number of amides is 1. The number of benzene rings is 3. The SMILES string of the molecule is Cc1cc(C(=O)N(C)c2ccccc2)c(C)cc1C#CCOc1ccc(C(=N)N)cc1. The van der Waals surface area contributed by atoms with Gasteiger partial charge in [-0.15, -0.1) is 0 Å². The minimum Gasteiger partial charge on any atom is -0.481 e. The van der Waals surface area contributed by atoms with Gasteiger partial charge in [0, 0.05) is 29.4 Å². The lowest BCUT2D eigenvalue weighted by Gasteiger charge is -2.19. The number of nitrogens with one attached hydrogen (secondary N) is 1. The first-order valence-electron chi connectivity index (χ1n) is 9.87. The van der Waals surface area contributed by atoms with Gasteiger partial charge in [0.05, 0.1) is 0 Å². The summed E-state index contributed by atoms with van der Waals surface area (Å²) in [7, 11) is 1.78. The number of hydrogen-bond acceptors (Lipinski definition) is 3. The zero-order chi connectivity index (χ0) is 22.4. The molecule has 0 aliphatic heterocycles. The molecule has 31 heavy (non-hydrogen) atoms. The van der Waals surface area contributed by atoms with Gasteiger partial charge in [-0.3, -0.25) is 10.2 Å². The second-order valence-electron chi connectivity index (χ2n) is 7.21. The summed E-state index contributed by atoms with van der Waals surface area (Å²) in [5, 5.41) is 7.41. The van der Waals surface area contributed by atoms with E-state index in [4.69, 9.17) is 15.9 Å². The van der Waals surface area contributed by atoms with Crippen molar-refractivity contribution in [3.63, 3.8) is 0 Å². The highest BCUT2D eigenvalue weighted by atomic mass is 16.5. The fourth-order valence-electron chi connectivity index (χ4n) is 3.11. The molecule has 3 rings (SSSR count). The van der Waals surface area contributed by atoms with Gasteiger partial charge in [-0.05, 0) is 73.5 Å². The second-order valence-corrected chi connectivity index (χ2v) is 7.21. The number of carbonyl (C=O) groups excluding carboxylic acids is 1. The van der Waals surface area contributed by atoms with E-state index in [9.17, 15) is 4.79 Å². The number of carbonyl (C=O) groups is 1. The van der Waals surface area contributed by atoms with Crippen molar-refractivity contribution in [3.05, 3.63) is 94.5 Å². The molecule has 0 aliphatic carbocycles. The van der Waals surface area contributed by atoms with Crippen LogP contribution in [0.4, 0.5) is 5.69 Å². The highest BCUT2D eigenvalue weighted by Gasteiger charge is 2.16. The van der Waals surface area contributed by atoms with Crippen LogP contribution in [0.2, 0.25) is 0 Å². The average Bonchev–Trinajstić information content (AvgIpc) is 2.78. The lowest BCUT2D eigenvalue weighted by molar-refractivity contribution is 0.0992. The van der Waals surface area contributed by atoms with Gasteiger partial charge in [-0.2, -0.15) is 0 Å². The van der Waals surface area contributed by atoms with Gasteiger partial charge in [-0.25, -0.2) is 0 Å². The lowest BCUT2D eigenvalue weighted by atomic mass is 9.99. The van der Waals surface area contributed by atoms with Crippen LogP contribution in [0.15, 0.2) is 66.7 Å². The van der Waals surface area contributed by atoms with Gasteiger partial charge in [-0.1, -0.05) is 30.0 Å². The molecule has 156 valence electrons. The van der Waals surface area contributed by atoms with E-state index in [2.05, 4.69) is 11.8 Å². The van der Waals surface area contributed by atoms with Gasteiger partial charge >= 0.3 is 0 Å². The molecule has 0 fully saturated rings. The van der Waals surface area contributed by atoms with Crippen LogP contribution in [-0.4, -0.2) is 25.4 Å². The zero-order valence-electron chi connectivity index (χ0n) is 17.9. The second kappa shape index (κ2) is 9.64. The Hall–Kier alpha value is -4.04. The largest absolute Gasteiger partial charge is 0.481 e. The number of amidine groups is 1. The van der Waals surface area contributed by atoms with E-state index in [1.807, 2.05) is 56.3 Å². The maximum absolute atomic E-state index is 13.0. The molecule has 0 spiro atoms. The van der Waals surface area contributed by atoms with Gasteiger partial charge in [0.2, 0.25) is 0 Å². The van der Waals surface area contributed by atoms with E-state index in [1.54, 1.807) is 36.2 Å². The molecule has 3 aromatic rings. The number of para-hydroxylation sites is 1. The lowest BCUT2D eigenvalue weighted by Crippen LogP contribution is -2.27. The van der Waals surface area contributed by atoms with Crippen molar-refractivity contribution < 1.29 is 9.53 Å². The van der Waals surface area contributed by atoms with Crippen LogP contribution in [0.25, 0.3) is 0 Å². The number of anilines is 1. The number of hydrogen-bond donors (Lipinski definition) is 2. The molecular weight excluding hydrogens is 386 g/mol. The van der Waals surface area contributed by atoms with Crippen LogP contribution in [0.3, 0.4) is 0 Å². The predicted molar refractivity (Wildman–Crippen MR) is 125 cm³/mol. The number of ether oxygens (including phenoxy) is 1. The Bertz CT molecular complexity index is 1160. The van der Waals surface area contributed by atoms with E-state index in [-0.39, 0.29) is 18.3 Å². The summed E-state index contributed by atoms with van der Waals surface area (Å²) in [6.07, 6.45) is 0. The minimum absolute atomic E-state index is 0.0223. The molecule has 0 radical (unpaired) electrons. The third kappa shape index (κ3) is 5.31. The number of rotatable bonds is 5. The first kappa shape index (κ1) is 21.7. The predicted octanol–water partition coefficient (Wildman–Crippen LogP) is 4.29. The van der Waals surface area contributed by atoms with Crippen molar-refractivity contribution in [2.24, 2.45) is 5.73 Å². The molecule has 0 heterocycles. The maximum atomic E-state index is 13.0. The molecule has 0 unspecified atom stereocenters. The number of nitrogen functional groups attached to an aromatic ring is 1. The number of nitrogens with two attached hydrogens (primary N) is 1. The quantitative estimate of drug-likeness (QED) is 0.373. The van der Waals surface area contributed by atoms with Crippen molar-refractivity contribution in [2.75, 3.05) is 18.6 Å². The summed E-state index contributed by atoms with van der Waals surface area (Å²) in [4.78, 5) is 14.6. The molecule has 1 amide bonds. The zero-order valence-corrected chi connectivity index (χ0v) is 17.9. The summed E-state index contributed by atoms with van der Waals surface area (Å²) >= 11 is 0. The van der Waals surface area contributed by atoms with Crippen molar-refractivity contribution >= 4 is 17.4 Å². The van der Waals surface area contributed by atoms with Crippen molar-refractivity contribution in [1.82, 2.24) is 0 Å². The van der Waals surface area contributed by atoms with E-state index in [0.29, 0.717) is 16.9 Å². The standard InChI is InChI=1S/C26H25N3O2/c1-18-17-24(26(30)29(3)22-9-5-4-6-10-22)19(2)16-21(18)8-7-15-31-23-13-11-20(12-14-23)25(27)28/h4-6,9-14,16-17H,15H2,1-3H3,(H3,27,28). The van der Waals surface area contributed by atoms with Crippen molar-refractivity contribution in [1.29, 1.82) is 5.41 Å². The summed E-state index contributed by atoms with van der Waals surface area (Å²) < 4.78 is 5.63. The molecule has 0 bridgehead atoms. The summed E-state index contributed by atoms with van der Waals surface area (Å²) in [5.74, 6) is 6.78. The molecule has 0 aromatic heterocycles. The molecule has 0 atom stereocenters. The average molecular weight is 412 g/mol. The van der Waals surface area contributed by atoms with Crippen LogP contribution in [-0.2, 0) is 0 Å². The number of nitrogens with zero attached hydrogens (tertiary/aromatic N) is 1. The Morgan fingerprint density at radius 1 is 1.03 bits per heavy atom. The smallest absolute Gasteiger partial charge is 0.258 e. The van der Waals surface area contributed by atoms with Crippen LogP contribution >= 0.6 is 0 Å². The molecular formula is C26H25N3O2. The molecule has 3 N–H and O–H groups in total. The summed E-state index contributed by atoms with van der Waals surface area (Å²) in [5.41, 5.74) is 10.3. The van der Waals surface area contributed by atoms with Crippen molar-refractivity contribution in [3.8, 4) is 17.6 Å². The highest BCUT2D eigenvalue weighted by Crippen LogP contribution is 2.20. The summed E-state index contributed by atoms with van der Waals surface area (Å²) in [6.45, 7) is 4.10. The Balaban J connectivity index is 1.69. The van der Waals surface area contributed by atoms with Gasteiger partial charge in [0.25, 0.3) is 5.91 Å². The fourth-order valence-corrected chi connectivity index (χ4v) is 3.11. The van der Waals surface area contributed by atoms with Gasteiger partial charge in [0.1, 0.15) is 18.2 Å². The van der Waals surface area contributed by atoms with E-state index in [0.717, 1.165) is 22.4 Å². The first-order valence-corrected chi connectivity index (χ1v) is 9.87. The first-order chi connectivity index (χ1) is 14.9. The third-order valence-electron chi connectivity index (χ3n) is 4.95. The van der Waals surface area contributed by atoms with Crippen LogP contribution < -0.4 is 15.4 Å². The van der Waals surface area contributed by atoms with Crippen LogP contribution in [0, 0.1) is 31.1 Å². The van der Waals surface area contributed by atoms with E-state index in [1.165, 1.54) is 0 Å². The number of aryl methyl sites for hydroxylation is 2. The van der Waals surface area contributed by atoms with Crippen molar-refractivity contribution in [2.45, 2.75) is 13.8 Å². The Morgan fingerprint density at radius 3 is 2.35 bits per heavy atom. The molecule has 0 saturated carbocycles. The Kier molecular flexibility index (Phi) is 6.74. The third-order valence-corrected chi connectivity index (χ3v) is 4.95. The van der Waals surface area contributed by atoms with Gasteiger partial charge < -0.3 is 15.4 Å². The molecule has 0 saturated heterocycles. The molecule has 5 heteroatoms. The van der Waals surface area contributed by atoms with Crippen LogP contribution in [0.5, 0.6) is 5.75 Å². The normalized spacial score (nSPS) is 10.0. The summed E-state index contributed by atoms with van der Waals surface area (Å²) in [6, 6.07) is 20.4. The fraction of sp³-hybridized carbons (Fsp3) is 0.154. The maximum Gasteiger partial charge on any atom is 0.258 e. The molecule has 0 aliphatic rings. The molecule has 5 nitrogen and oxygen atoms in total. The van der Waals surface area contributed by atoms with Crippen LogP contribution in [0.1, 0.15) is 32.6 Å². The topological polar surface area (TPSA) is 79.4 Å². The monoisotopic (exact) mass is 411 g/mol. The Morgan fingerprint density at radius 2 is 1.71 bits per heavy atom. The van der Waals surface area contributed by atoms with E-state index < -0.39 is 0 Å². The molecule has 3 aromatic carbocycles. The van der Waals surface area contributed by atoms with Gasteiger partial charge in [0.15, 0.2) is 0 Å². The Labute approximate surface area is 183 Å². The highest BCUT2D eigenvalue weighted by molar-refractivity contribution is 6.06. The van der Waals surface area contributed by atoms with E-state index >= 15 is 0 Å². The minimum atomic E-state index is -0.0522.